The summed E-state index contributed by atoms with van der Waals surface area (Å²) < 4.78 is 30.7. The molecule has 180 valence electrons. The Morgan fingerprint density at radius 1 is 1.09 bits per heavy atom. The maximum absolute atomic E-state index is 12.8. The Labute approximate surface area is 196 Å². The van der Waals surface area contributed by atoms with Gasteiger partial charge in [0.05, 0.1) is 0 Å². The van der Waals surface area contributed by atoms with Gasteiger partial charge in [-0.25, -0.2) is 4.79 Å². The molecule has 0 saturated carbocycles. The molecule has 0 saturated heterocycles. The molecule has 0 heterocycles. The Hall–Kier alpha value is -3.07. The van der Waals surface area contributed by atoms with Gasteiger partial charge in [0.2, 0.25) is 5.91 Å². The van der Waals surface area contributed by atoms with Crippen LogP contribution in [0.3, 0.4) is 0 Å². The van der Waals surface area contributed by atoms with Crippen molar-refractivity contribution in [1.82, 2.24) is 10.2 Å². The van der Waals surface area contributed by atoms with Crippen LogP contribution in [-0.2, 0) is 21.5 Å². The minimum absolute atomic E-state index is 0.0113. The third-order valence-electron chi connectivity index (χ3n) is 4.79. The monoisotopic (exact) mass is 475 g/mol. The quantitative estimate of drug-likeness (QED) is 0.546. The Balaban J connectivity index is 2.20. The smallest absolute Gasteiger partial charge is 0.339 e. The Morgan fingerprint density at radius 2 is 1.73 bits per heavy atom. The number of carbonyl (C=O) groups excluding carboxylic acids is 2. The molecule has 33 heavy (non-hydrogen) atoms. The van der Waals surface area contributed by atoms with Crippen LogP contribution in [0, 0.1) is 0 Å². The van der Waals surface area contributed by atoms with Crippen molar-refractivity contribution >= 4 is 27.7 Å². The van der Waals surface area contributed by atoms with Gasteiger partial charge in [0, 0.05) is 30.7 Å². The highest BCUT2D eigenvalue weighted by Gasteiger charge is 2.24. The molecule has 0 spiro atoms. The first-order valence-electron chi connectivity index (χ1n) is 10.8. The van der Waals surface area contributed by atoms with E-state index in [2.05, 4.69) is 10.6 Å². The highest BCUT2D eigenvalue weighted by Crippen LogP contribution is 2.23. The first-order chi connectivity index (χ1) is 15.3. The third-order valence-corrected chi connectivity index (χ3v) is 6.05. The van der Waals surface area contributed by atoms with Crippen LogP contribution in [0.15, 0.2) is 53.4 Å². The van der Waals surface area contributed by atoms with Crippen LogP contribution >= 0.6 is 0 Å². The number of anilines is 1. The van der Waals surface area contributed by atoms with E-state index in [1.165, 1.54) is 31.2 Å². The van der Waals surface area contributed by atoms with Gasteiger partial charge in [-0.05, 0) is 76.1 Å². The van der Waals surface area contributed by atoms with Gasteiger partial charge in [-0.1, -0.05) is 19.1 Å². The van der Waals surface area contributed by atoms with Crippen LogP contribution in [0.2, 0.25) is 0 Å². The number of hydrogen-bond acceptors (Lipinski definition) is 5. The lowest BCUT2D eigenvalue weighted by molar-refractivity contribution is -0.114. The minimum Gasteiger partial charge on any atom is -0.379 e. The van der Waals surface area contributed by atoms with Crippen LogP contribution in [0.4, 0.5) is 10.5 Å². The fourth-order valence-corrected chi connectivity index (χ4v) is 3.94. The molecule has 2 aromatic carbocycles. The molecule has 0 aliphatic rings. The average Bonchev–Trinajstić information content (AvgIpc) is 2.70. The number of hydrogen-bond donors (Lipinski definition) is 2. The highest BCUT2D eigenvalue weighted by atomic mass is 32.2. The van der Waals surface area contributed by atoms with Crippen LogP contribution in [0.1, 0.15) is 53.5 Å². The standard InChI is InChI=1S/C24H33N3O5S/c1-7-17(2)27(23(29)26-24(4,5)6)16-19-9-8-10-21(15-19)32-33(30,31)22-13-11-20(12-14-22)25-18(3)28/h8-15,17H,7,16H2,1-6H3,(H,25,28)(H,26,29)/t17-/m0/s1. The molecule has 0 aromatic heterocycles. The number of nitrogens with zero attached hydrogens (tertiary/aromatic N) is 1. The second kappa shape index (κ2) is 10.7. The van der Waals surface area contributed by atoms with Crippen LogP contribution in [0.25, 0.3) is 0 Å². The minimum atomic E-state index is -4.07. The zero-order chi connectivity index (χ0) is 24.8. The first kappa shape index (κ1) is 26.2. The molecule has 3 amide bonds. The number of benzene rings is 2. The summed E-state index contributed by atoms with van der Waals surface area (Å²) in [5, 5.41) is 5.56. The van der Waals surface area contributed by atoms with Gasteiger partial charge in [-0.2, -0.15) is 8.42 Å². The number of rotatable bonds is 8. The summed E-state index contributed by atoms with van der Waals surface area (Å²) in [7, 11) is -4.07. The van der Waals surface area contributed by atoms with Crippen molar-refractivity contribution in [3.8, 4) is 5.75 Å². The van der Waals surface area contributed by atoms with E-state index < -0.39 is 10.1 Å². The molecule has 2 aromatic rings. The van der Waals surface area contributed by atoms with Crippen LogP contribution in [0.5, 0.6) is 5.75 Å². The number of urea groups is 1. The molecule has 9 heteroatoms. The van der Waals surface area contributed by atoms with Crippen molar-refractivity contribution in [2.24, 2.45) is 0 Å². The molecular formula is C24H33N3O5S. The largest absolute Gasteiger partial charge is 0.379 e. The van der Waals surface area contributed by atoms with Crippen molar-refractivity contribution in [2.45, 2.75) is 71.0 Å². The summed E-state index contributed by atoms with van der Waals surface area (Å²) in [6.45, 7) is 11.4. The van der Waals surface area contributed by atoms with Crippen LogP contribution < -0.4 is 14.8 Å². The SMILES string of the molecule is CC[C@H](C)N(Cc1cccc(OS(=O)(=O)c2ccc(NC(C)=O)cc2)c1)C(=O)NC(C)(C)C. The lowest BCUT2D eigenvalue weighted by Crippen LogP contribution is -2.50. The van der Waals surface area contributed by atoms with Crippen molar-refractivity contribution in [1.29, 1.82) is 0 Å². The predicted octanol–water partition coefficient (Wildman–Crippen LogP) is 4.52. The lowest BCUT2D eigenvalue weighted by Gasteiger charge is -2.32. The molecule has 2 N–H and O–H groups in total. The fraction of sp³-hybridized carbons (Fsp3) is 0.417. The highest BCUT2D eigenvalue weighted by molar-refractivity contribution is 7.87. The first-order valence-corrected chi connectivity index (χ1v) is 12.2. The topological polar surface area (TPSA) is 105 Å². The van der Waals surface area contributed by atoms with E-state index in [9.17, 15) is 18.0 Å². The molecule has 2 rings (SSSR count). The van der Waals surface area contributed by atoms with Gasteiger partial charge in [-0.15, -0.1) is 0 Å². The Morgan fingerprint density at radius 3 is 2.27 bits per heavy atom. The zero-order valence-electron chi connectivity index (χ0n) is 20.0. The molecule has 1 atom stereocenters. The summed E-state index contributed by atoms with van der Waals surface area (Å²) in [6, 6.07) is 12.2. The van der Waals surface area contributed by atoms with Gasteiger partial charge in [-0.3, -0.25) is 4.79 Å². The molecule has 8 nitrogen and oxygen atoms in total. The third kappa shape index (κ3) is 8.09. The van der Waals surface area contributed by atoms with E-state index >= 15 is 0 Å². The molecule has 0 bridgehead atoms. The molecule has 0 unspecified atom stereocenters. The summed E-state index contributed by atoms with van der Waals surface area (Å²) in [5.74, 6) is -0.0972. The number of nitrogens with one attached hydrogen (secondary N) is 2. The van der Waals surface area contributed by atoms with Gasteiger partial charge in [0.15, 0.2) is 0 Å². The van der Waals surface area contributed by atoms with E-state index in [0.717, 1.165) is 12.0 Å². The molecular weight excluding hydrogens is 442 g/mol. The van der Waals surface area contributed by atoms with Gasteiger partial charge >= 0.3 is 16.1 Å². The second-order valence-electron chi connectivity index (χ2n) is 8.96. The fourth-order valence-electron chi connectivity index (χ4n) is 3.02. The zero-order valence-corrected chi connectivity index (χ0v) is 20.8. The summed E-state index contributed by atoms with van der Waals surface area (Å²) in [5.41, 5.74) is 0.854. The summed E-state index contributed by atoms with van der Waals surface area (Å²) in [4.78, 5) is 25.6. The molecule has 0 aliphatic carbocycles. The second-order valence-corrected chi connectivity index (χ2v) is 10.5. The van der Waals surface area contributed by atoms with E-state index in [1.807, 2.05) is 40.7 Å². The van der Waals surface area contributed by atoms with Gasteiger partial charge in [0.25, 0.3) is 0 Å². The van der Waals surface area contributed by atoms with Crippen molar-refractivity contribution in [2.75, 3.05) is 5.32 Å². The predicted molar refractivity (Wildman–Crippen MR) is 129 cm³/mol. The van der Waals surface area contributed by atoms with Crippen LogP contribution in [-0.4, -0.2) is 36.8 Å². The molecule has 0 fully saturated rings. The van der Waals surface area contributed by atoms with Gasteiger partial charge < -0.3 is 19.7 Å². The van der Waals surface area contributed by atoms with E-state index in [4.69, 9.17) is 4.18 Å². The maximum atomic E-state index is 12.8. The summed E-state index contributed by atoms with van der Waals surface area (Å²) in [6.07, 6.45) is 0.774. The van der Waals surface area contributed by atoms with E-state index in [0.29, 0.717) is 12.2 Å². The van der Waals surface area contributed by atoms with E-state index in [-0.39, 0.29) is 34.2 Å². The Kier molecular flexibility index (Phi) is 8.49. The lowest BCUT2D eigenvalue weighted by atomic mass is 10.1. The van der Waals surface area contributed by atoms with Crippen molar-refractivity contribution in [3.05, 3.63) is 54.1 Å². The molecule has 0 aliphatic heterocycles. The van der Waals surface area contributed by atoms with Crippen molar-refractivity contribution < 1.29 is 22.2 Å². The number of carbonyl (C=O) groups is 2. The Bertz CT molecular complexity index is 1080. The normalized spacial score (nSPS) is 12.5. The van der Waals surface area contributed by atoms with Crippen molar-refractivity contribution in [3.63, 3.8) is 0 Å². The average molecular weight is 476 g/mol. The number of amides is 3. The molecule has 0 radical (unpaired) electrons. The summed E-state index contributed by atoms with van der Waals surface area (Å²) >= 11 is 0. The van der Waals surface area contributed by atoms with E-state index in [1.54, 1.807) is 23.1 Å². The van der Waals surface area contributed by atoms with Gasteiger partial charge in [0.1, 0.15) is 10.6 Å². The maximum Gasteiger partial charge on any atom is 0.339 e.